The minimum absolute atomic E-state index is 0.243. The van der Waals surface area contributed by atoms with E-state index in [9.17, 15) is 4.79 Å². The molecule has 1 fully saturated rings. The Bertz CT molecular complexity index is 402. The van der Waals surface area contributed by atoms with Gasteiger partial charge in [-0.1, -0.05) is 25.9 Å². The Kier molecular flexibility index (Phi) is 2.69. The fraction of sp³-hybridized carbons (Fsp3) is 0.727. The number of nitrogens with zero attached hydrogens (tertiary/aromatic N) is 2. The molecule has 1 aromatic rings. The molecule has 1 aliphatic rings. The van der Waals surface area contributed by atoms with Crippen LogP contribution in [0.15, 0.2) is 4.52 Å². The molecule has 0 bridgehead atoms. The first-order chi connectivity index (χ1) is 7.50. The fourth-order valence-electron chi connectivity index (χ4n) is 1.69. The van der Waals surface area contributed by atoms with Crippen molar-refractivity contribution < 1.29 is 14.4 Å². The van der Waals surface area contributed by atoms with Gasteiger partial charge in [-0.05, 0) is 12.3 Å². The van der Waals surface area contributed by atoms with Crippen molar-refractivity contribution in [3.8, 4) is 0 Å². The second kappa shape index (κ2) is 3.88. The Labute approximate surface area is 93.9 Å². The number of carbonyl (C=O) groups is 1. The standard InChI is InChI=1S/C11H16N2O3/c1-5-4-8(5)9-12-10(16-13-9)6(2)7(3)11(14)15/h5-8H,4H2,1-3H3,(H,14,15). The second-order valence-corrected chi connectivity index (χ2v) is 4.73. The highest BCUT2D eigenvalue weighted by molar-refractivity contribution is 5.70. The molecule has 88 valence electrons. The maximum absolute atomic E-state index is 10.8. The Morgan fingerprint density at radius 1 is 1.56 bits per heavy atom. The number of carboxylic acid groups (broad SMARTS) is 1. The van der Waals surface area contributed by atoms with Crippen LogP contribution in [0, 0.1) is 11.8 Å². The van der Waals surface area contributed by atoms with Gasteiger partial charge in [-0.25, -0.2) is 0 Å². The number of aliphatic carboxylic acids is 1. The molecule has 1 aliphatic carbocycles. The topological polar surface area (TPSA) is 76.2 Å². The van der Waals surface area contributed by atoms with Crippen LogP contribution in [0.2, 0.25) is 0 Å². The predicted octanol–water partition coefficient (Wildman–Crippen LogP) is 2.02. The van der Waals surface area contributed by atoms with Gasteiger partial charge in [0, 0.05) is 11.8 Å². The van der Waals surface area contributed by atoms with E-state index >= 15 is 0 Å². The van der Waals surface area contributed by atoms with Gasteiger partial charge in [0.25, 0.3) is 0 Å². The van der Waals surface area contributed by atoms with Gasteiger partial charge in [0.05, 0.1) is 5.92 Å². The van der Waals surface area contributed by atoms with Crippen molar-refractivity contribution in [2.45, 2.75) is 39.0 Å². The van der Waals surface area contributed by atoms with E-state index in [0.29, 0.717) is 17.7 Å². The first-order valence-electron chi connectivity index (χ1n) is 5.57. The summed E-state index contributed by atoms with van der Waals surface area (Å²) >= 11 is 0. The summed E-state index contributed by atoms with van der Waals surface area (Å²) in [6.07, 6.45) is 1.10. The van der Waals surface area contributed by atoms with Crippen LogP contribution in [-0.2, 0) is 4.79 Å². The molecule has 0 saturated heterocycles. The lowest BCUT2D eigenvalue weighted by Crippen LogP contribution is -2.16. The monoisotopic (exact) mass is 224 g/mol. The first-order valence-corrected chi connectivity index (χ1v) is 5.57. The minimum Gasteiger partial charge on any atom is -0.481 e. The third-order valence-electron chi connectivity index (χ3n) is 3.43. The molecule has 1 saturated carbocycles. The highest BCUT2D eigenvalue weighted by atomic mass is 16.5. The molecule has 1 heterocycles. The van der Waals surface area contributed by atoms with Gasteiger partial charge in [0.1, 0.15) is 0 Å². The van der Waals surface area contributed by atoms with Crippen molar-refractivity contribution in [3.05, 3.63) is 11.7 Å². The van der Waals surface area contributed by atoms with Crippen LogP contribution in [0.3, 0.4) is 0 Å². The molecule has 0 radical (unpaired) electrons. The SMILES string of the molecule is CC1CC1c1noc(C(C)C(C)C(=O)O)n1. The third-order valence-corrected chi connectivity index (χ3v) is 3.43. The summed E-state index contributed by atoms with van der Waals surface area (Å²) in [4.78, 5) is 15.1. The Morgan fingerprint density at radius 2 is 2.19 bits per heavy atom. The van der Waals surface area contributed by atoms with E-state index in [4.69, 9.17) is 9.63 Å². The fourth-order valence-corrected chi connectivity index (χ4v) is 1.69. The van der Waals surface area contributed by atoms with Gasteiger partial charge < -0.3 is 9.63 Å². The van der Waals surface area contributed by atoms with Crippen molar-refractivity contribution in [1.29, 1.82) is 0 Å². The van der Waals surface area contributed by atoms with Crippen LogP contribution in [-0.4, -0.2) is 21.2 Å². The molecule has 5 nitrogen and oxygen atoms in total. The molecule has 16 heavy (non-hydrogen) atoms. The van der Waals surface area contributed by atoms with E-state index < -0.39 is 11.9 Å². The van der Waals surface area contributed by atoms with Crippen LogP contribution in [0.25, 0.3) is 0 Å². The van der Waals surface area contributed by atoms with E-state index in [2.05, 4.69) is 17.1 Å². The molecule has 0 spiro atoms. The van der Waals surface area contributed by atoms with Gasteiger partial charge >= 0.3 is 5.97 Å². The molecule has 5 heteroatoms. The van der Waals surface area contributed by atoms with Gasteiger partial charge in [0.2, 0.25) is 5.89 Å². The molecule has 0 aliphatic heterocycles. The zero-order valence-electron chi connectivity index (χ0n) is 9.67. The molecular formula is C11H16N2O3. The third kappa shape index (κ3) is 1.94. The summed E-state index contributed by atoms with van der Waals surface area (Å²) in [5.74, 6) is 0.600. The van der Waals surface area contributed by atoms with Crippen LogP contribution in [0.4, 0.5) is 0 Å². The van der Waals surface area contributed by atoms with Crippen LogP contribution >= 0.6 is 0 Å². The number of aromatic nitrogens is 2. The highest BCUT2D eigenvalue weighted by Crippen LogP contribution is 2.45. The first kappa shape index (κ1) is 11.1. The second-order valence-electron chi connectivity index (χ2n) is 4.73. The van der Waals surface area contributed by atoms with Crippen molar-refractivity contribution in [2.24, 2.45) is 11.8 Å². The smallest absolute Gasteiger partial charge is 0.307 e. The van der Waals surface area contributed by atoms with Crippen LogP contribution in [0.5, 0.6) is 0 Å². The summed E-state index contributed by atoms with van der Waals surface area (Å²) in [6, 6.07) is 0. The number of hydrogen-bond donors (Lipinski definition) is 1. The van der Waals surface area contributed by atoms with Crippen molar-refractivity contribution in [1.82, 2.24) is 10.1 Å². The van der Waals surface area contributed by atoms with Crippen LogP contribution in [0.1, 0.15) is 50.7 Å². The zero-order chi connectivity index (χ0) is 11.9. The molecule has 1 aromatic heterocycles. The summed E-state index contributed by atoms with van der Waals surface area (Å²) in [6.45, 7) is 5.59. The summed E-state index contributed by atoms with van der Waals surface area (Å²) < 4.78 is 5.12. The quantitative estimate of drug-likeness (QED) is 0.846. The molecule has 0 aromatic carbocycles. The lowest BCUT2D eigenvalue weighted by Gasteiger charge is -2.10. The Hall–Kier alpha value is -1.39. The van der Waals surface area contributed by atoms with E-state index in [1.807, 2.05) is 0 Å². The maximum Gasteiger partial charge on any atom is 0.307 e. The van der Waals surface area contributed by atoms with Crippen molar-refractivity contribution in [2.75, 3.05) is 0 Å². The van der Waals surface area contributed by atoms with E-state index in [0.717, 1.165) is 12.2 Å². The minimum atomic E-state index is -0.841. The average Bonchev–Trinajstić information content (AvgIpc) is 2.80. The maximum atomic E-state index is 10.8. The summed E-state index contributed by atoms with van der Waals surface area (Å²) in [7, 11) is 0. The molecule has 4 atom stereocenters. The van der Waals surface area contributed by atoms with Gasteiger partial charge in [-0.15, -0.1) is 0 Å². The van der Waals surface area contributed by atoms with E-state index in [1.165, 1.54) is 0 Å². The van der Waals surface area contributed by atoms with Gasteiger partial charge in [-0.2, -0.15) is 4.98 Å². The zero-order valence-corrected chi connectivity index (χ0v) is 9.67. The Balaban J connectivity index is 2.09. The highest BCUT2D eigenvalue weighted by Gasteiger charge is 2.38. The van der Waals surface area contributed by atoms with E-state index in [-0.39, 0.29) is 5.92 Å². The predicted molar refractivity (Wildman–Crippen MR) is 56.0 cm³/mol. The molecular weight excluding hydrogens is 208 g/mol. The lowest BCUT2D eigenvalue weighted by molar-refractivity contribution is -0.141. The summed E-state index contributed by atoms with van der Waals surface area (Å²) in [5, 5.41) is 12.8. The molecule has 4 unspecified atom stereocenters. The van der Waals surface area contributed by atoms with Crippen molar-refractivity contribution >= 4 is 5.97 Å². The van der Waals surface area contributed by atoms with Gasteiger partial charge in [0.15, 0.2) is 5.82 Å². The van der Waals surface area contributed by atoms with Gasteiger partial charge in [-0.3, -0.25) is 4.79 Å². The molecule has 2 rings (SSSR count). The Morgan fingerprint density at radius 3 is 2.69 bits per heavy atom. The molecule has 0 amide bonds. The number of hydrogen-bond acceptors (Lipinski definition) is 4. The van der Waals surface area contributed by atoms with Crippen LogP contribution < -0.4 is 0 Å². The van der Waals surface area contributed by atoms with Crippen molar-refractivity contribution in [3.63, 3.8) is 0 Å². The average molecular weight is 224 g/mol. The lowest BCUT2D eigenvalue weighted by atomic mass is 9.96. The summed E-state index contributed by atoms with van der Waals surface area (Å²) in [5.41, 5.74) is 0. The van der Waals surface area contributed by atoms with E-state index in [1.54, 1.807) is 13.8 Å². The largest absolute Gasteiger partial charge is 0.481 e. The number of rotatable bonds is 4. The normalized spacial score (nSPS) is 27.4. The molecule has 1 N–H and O–H groups in total. The number of carboxylic acids is 1.